The third-order valence-electron chi connectivity index (χ3n) is 3.11. The second-order valence-electron chi connectivity index (χ2n) is 5.71. The molecule has 0 atom stereocenters. The number of carbonyl (C=O) groups is 1. The van der Waals surface area contributed by atoms with Gasteiger partial charge in [0.2, 0.25) is 5.91 Å². The molecule has 0 radical (unpaired) electrons. The fourth-order valence-electron chi connectivity index (χ4n) is 2.35. The van der Waals surface area contributed by atoms with Gasteiger partial charge in [-0.25, -0.2) is 0 Å². The van der Waals surface area contributed by atoms with Crippen molar-refractivity contribution in [3.63, 3.8) is 0 Å². The Morgan fingerprint density at radius 3 is 2.37 bits per heavy atom. The Labute approximate surface area is 115 Å². The maximum Gasteiger partial charge on any atom is 0.221 e. The van der Waals surface area contributed by atoms with Crippen LogP contribution in [-0.2, 0) is 17.6 Å². The highest BCUT2D eigenvalue weighted by molar-refractivity contribution is 5.77. The lowest BCUT2D eigenvalue weighted by atomic mass is 9.86. The largest absolute Gasteiger partial charge is 0.369 e. The SMILES string of the molecule is CC(C)Cc1cc(C#N)cc(C(C)C)c1CC(N)=O. The van der Waals surface area contributed by atoms with Crippen molar-refractivity contribution < 1.29 is 4.79 Å². The topological polar surface area (TPSA) is 66.9 Å². The molecule has 1 aromatic carbocycles. The average Bonchev–Trinajstić information content (AvgIpc) is 2.29. The van der Waals surface area contributed by atoms with Gasteiger partial charge in [0.05, 0.1) is 18.1 Å². The smallest absolute Gasteiger partial charge is 0.221 e. The van der Waals surface area contributed by atoms with Gasteiger partial charge in [-0.3, -0.25) is 4.79 Å². The first-order chi connectivity index (χ1) is 8.85. The Morgan fingerprint density at radius 2 is 1.95 bits per heavy atom. The molecule has 1 aromatic rings. The Hall–Kier alpha value is -1.82. The van der Waals surface area contributed by atoms with Crippen LogP contribution < -0.4 is 5.73 Å². The summed E-state index contributed by atoms with van der Waals surface area (Å²) in [6.45, 7) is 8.39. The minimum Gasteiger partial charge on any atom is -0.369 e. The van der Waals surface area contributed by atoms with Crippen LogP contribution in [0.25, 0.3) is 0 Å². The summed E-state index contributed by atoms with van der Waals surface area (Å²) in [5, 5.41) is 9.13. The quantitative estimate of drug-likeness (QED) is 0.882. The van der Waals surface area contributed by atoms with Crippen LogP contribution in [0.3, 0.4) is 0 Å². The monoisotopic (exact) mass is 258 g/mol. The molecular weight excluding hydrogens is 236 g/mol. The summed E-state index contributed by atoms with van der Waals surface area (Å²) < 4.78 is 0. The highest BCUT2D eigenvalue weighted by atomic mass is 16.1. The summed E-state index contributed by atoms with van der Waals surface area (Å²) in [7, 11) is 0. The lowest BCUT2D eigenvalue weighted by Gasteiger charge is -2.18. The summed E-state index contributed by atoms with van der Waals surface area (Å²) in [5.74, 6) is 0.422. The normalized spacial score (nSPS) is 10.8. The second kappa shape index (κ2) is 6.38. The van der Waals surface area contributed by atoms with Crippen LogP contribution in [0.5, 0.6) is 0 Å². The lowest BCUT2D eigenvalue weighted by molar-refractivity contribution is -0.117. The van der Waals surface area contributed by atoms with Crippen LogP contribution in [0.1, 0.15) is 55.9 Å². The van der Waals surface area contributed by atoms with E-state index in [1.54, 1.807) is 0 Å². The lowest BCUT2D eigenvalue weighted by Crippen LogP contribution is -2.17. The third kappa shape index (κ3) is 4.10. The first-order valence-corrected chi connectivity index (χ1v) is 6.69. The summed E-state index contributed by atoms with van der Waals surface area (Å²) in [4.78, 5) is 11.3. The molecule has 0 aromatic heterocycles. The number of nitrogens with zero attached hydrogens (tertiary/aromatic N) is 1. The molecule has 19 heavy (non-hydrogen) atoms. The number of carbonyl (C=O) groups excluding carboxylic acids is 1. The molecule has 2 N–H and O–H groups in total. The maximum atomic E-state index is 11.3. The number of hydrogen-bond donors (Lipinski definition) is 1. The zero-order valence-corrected chi connectivity index (χ0v) is 12.2. The fourth-order valence-corrected chi connectivity index (χ4v) is 2.35. The summed E-state index contributed by atoms with van der Waals surface area (Å²) in [6.07, 6.45) is 1.11. The van der Waals surface area contributed by atoms with Gasteiger partial charge < -0.3 is 5.73 Å². The number of benzene rings is 1. The van der Waals surface area contributed by atoms with Crippen molar-refractivity contribution in [3.05, 3.63) is 34.4 Å². The highest BCUT2D eigenvalue weighted by Gasteiger charge is 2.16. The van der Waals surface area contributed by atoms with Gasteiger partial charge in [-0.2, -0.15) is 5.26 Å². The van der Waals surface area contributed by atoms with E-state index >= 15 is 0 Å². The predicted molar refractivity (Wildman–Crippen MR) is 76.7 cm³/mol. The van der Waals surface area contributed by atoms with Crippen LogP contribution in [0.2, 0.25) is 0 Å². The minimum atomic E-state index is -0.323. The van der Waals surface area contributed by atoms with Gasteiger partial charge in [-0.15, -0.1) is 0 Å². The molecule has 0 saturated carbocycles. The molecule has 0 aliphatic rings. The Kier molecular flexibility index (Phi) is 5.11. The zero-order chi connectivity index (χ0) is 14.6. The number of nitriles is 1. The molecule has 0 unspecified atom stereocenters. The van der Waals surface area contributed by atoms with E-state index < -0.39 is 0 Å². The van der Waals surface area contributed by atoms with Gasteiger partial charge in [0.25, 0.3) is 0 Å². The van der Waals surface area contributed by atoms with E-state index in [4.69, 9.17) is 11.0 Å². The zero-order valence-electron chi connectivity index (χ0n) is 12.2. The van der Waals surface area contributed by atoms with Crippen LogP contribution in [0, 0.1) is 17.2 Å². The molecule has 0 spiro atoms. The van der Waals surface area contributed by atoms with E-state index in [2.05, 4.69) is 33.8 Å². The van der Waals surface area contributed by atoms with Crippen molar-refractivity contribution >= 4 is 5.91 Å². The average molecular weight is 258 g/mol. The molecule has 0 bridgehead atoms. The molecule has 0 fully saturated rings. The molecular formula is C16H22N2O. The van der Waals surface area contributed by atoms with E-state index in [1.165, 1.54) is 0 Å². The van der Waals surface area contributed by atoms with E-state index in [0.717, 1.165) is 23.1 Å². The summed E-state index contributed by atoms with van der Waals surface area (Å²) in [6, 6.07) is 5.97. The molecule has 0 aliphatic carbocycles. The molecule has 0 heterocycles. The van der Waals surface area contributed by atoms with Crippen molar-refractivity contribution in [1.29, 1.82) is 5.26 Å². The van der Waals surface area contributed by atoms with Gasteiger partial charge >= 0.3 is 0 Å². The van der Waals surface area contributed by atoms with Crippen molar-refractivity contribution in [1.82, 2.24) is 0 Å². The van der Waals surface area contributed by atoms with E-state index in [1.807, 2.05) is 12.1 Å². The van der Waals surface area contributed by atoms with Crippen molar-refractivity contribution in [3.8, 4) is 6.07 Å². The van der Waals surface area contributed by atoms with Gasteiger partial charge in [-0.1, -0.05) is 27.7 Å². The summed E-state index contributed by atoms with van der Waals surface area (Å²) >= 11 is 0. The number of nitrogens with two attached hydrogens (primary N) is 1. The molecule has 3 nitrogen and oxygen atoms in total. The minimum absolute atomic E-state index is 0.251. The van der Waals surface area contributed by atoms with Gasteiger partial charge in [0.15, 0.2) is 0 Å². The standard InChI is InChI=1S/C16H22N2O/c1-10(2)5-13-6-12(9-17)7-14(11(3)4)15(13)8-16(18)19/h6-7,10-11H,5,8H2,1-4H3,(H2,18,19). The van der Waals surface area contributed by atoms with Gasteiger partial charge in [0.1, 0.15) is 0 Å². The first-order valence-electron chi connectivity index (χ1n) is 6.69. The molecule has 0 saturated heterocycles. The van der Waals surface area contributed by atoms with Crippen molar-refractivity contribution in [2.24, 2.45) is 11.7 Å². The van der Waals surface area contributed by atoms with Crippen molar-refractivity contribution in [2.75, 3.05) is 0 Å². The number of hydrogen-bond acceptors (Lipinski definition) is 2. The molecule has 1 amide bonds. The number of primary amides is 1. The Bertz CT molecular complexity index is 510. The first kappa shape index (κ1) is 15.2. The van der Waals surface area contributed by atoms with E-state index in [0.29, 0.717) is 11.5 Å². The molecule has 3 heteroatoms. The third-order valence-corrected chi connectivity index (χ3v) is 3.11. The molecule has 0 aliphatic heterocycles. The van der Waals surface area contributed by atoms with Crippen LogP contribution >= 0.6 is 0 Å². The predicted octanol–water partition coefficient (Wildman–Crippen LogP) is 2.91. The number of rotatable bonds is 5. The van der Waals surface area contributed by atoms with Gasteiger partial charge in [0, 0.05) is 0 Å². The molecule has 102 valence electrons. The number of amides is 1. The van der Waals surface area contributed by atoms with Gasteiger partial charge in [-0.05, 0) is 47.1 Å². The molecule has 1 rings (SSSR count). The van der Waals surface area contributed by atoms with Crippen molar-refractivity contribution in [2.45, 2.75) is 46.5 Å². The van der Waals surface area contributed by atoms with E-state index in [9.17, 15) is 4.79 Å². The van der Waals surface area contributed by atoms with Crippen LogP contribution in [0.4, 0.5) is 0 Å². The van der Waals surface area contributed by atoms with Crippen LogP contribution in [0.15, 0.2) is 12.1 Å². The van der Waals surface area contributed by atoms with E-state index in [-0.39, 0.29) is 18.2 Å². The second-order valence-corrected chi connectivity index (χ2v) is 5.71. The Balaban J connectivity index is 3.42. The fraction of sp³-hybridized carbons (Fsp3) is 0.500. The maximum absolute atomic E-state index is 11.3. The summed E-state index contributed by atoms with van der Waals surface area (Å²) in [5.41, 5.74) is 9.17. The van der Waals surface area contributed by atoms with Crippen LogP contribution in [-0.4, -0.2) is 5.91 Å². The highest BCUT2D eigenvalue weighted by Crippen LogP contribution is 2.27. The Morgan fingerprint density at radius 1 is 1.32 bits per heavy atom.